The maximum atomic E-state index is 13.4. The largest absolute Gasteiger partial charge is 0.493 e. The van der Waals surface area contributed by atoms with Crippen molar-refractivity contribution in [2.75, 3.05) is 25.3 Å². The molecule has 0 saturated carbocycles. The Morgan fingerprint density at radius 3 is 2.49 bits per heavy atom. The molecule has 9 heteroatoms. The van der Waals surface area contributed by atoms with E-state index in [4.69, 9.17) is 9.47 Å². The van der Waals surface area contributed by atoms with Crippen molar-refractivity contribution in [1.29, 1.82) is 0 Å². The van der Waals surface area contributed by atoms with Crippen molar-refractivity contribution < 1.29 is 19.1 Å². The average molecular weight is 490 g/mol. The number of carbonyl (C=O) groups is 2. The van der Waals surface area contributed by atoms with E-state index in [1.165, 1.54) is 25.7 Å². The fourth-order valence-electron chi connectivity index (χ4n) is 3.54. The van der Waals surface area contributed by atoms with Crippen LogP contribution in [-0.4, -0.2) is 41.2 Å². The molecule has 1 heterocycles. The van der Waals surface area contributed by atoms with E-state index in [-0.39, 0.29) is 23.0 Å². The van der Waals surface area contributed by atoms with Crippen LogP contribution in [0.15, 0.2) is 76.7 Å². The van der Waals surface area contributed by atoms with Gasteiger partial charge in [-0.25, -0.2) is 4.98 Å². The van der Waals surface area contributed by atoms with E-state index < -0.39 is 0 Å². The standard InChI is InChI=1S/C26H23N3O5S/c1-16(30)17-7-6-8-18(13-17)27-24(31)15-35-26-28-21-10-5-4-9-20(21)25(32)29(26)19-11-12-22(33-2)23(14-19)34-3/h4-14H,15H2,1-3H3,(H,27,31). The molecule has 0 atom stereocenters. The first kappa shape index (κ1) is 24.0. The summed E-state index contributed by atoms with van der Waals surface area (Å²) in [6.45, 7) is 1.47. The number of aromatic nitrogens is 2. The van der Waals surface area contributed by atoms with Crippen molar-refractivity contribution in [3.8, 4) is 17.2 Å². The molecule has 35 heavy (non-hydrogen) atoms. The van der Waals surface area contributed by atoms with E-state index in [0.717, 1.165) is 11.8 Å². The molecule has 178 valence electrons. The third-order valence-corrected chi connectivity index (χ3v) is 6.19. The predicted octanol–water partition coefficient (Wildman–Crippen LogP) is 4.34. The smallest absolute Gasteiger partial charge is 0.266 e. The Bertz CT molecular complexity index is 1480. The fraction of sp³-hybridized carbons (Fsp3) is 0.154. The number of fused-ring (bicyclic) bond motifs is 1. The summed E-state index contributed by atoms with van der Waals surface area (Å²) in [7, 11) is 3.05. The number of para-hydroxylation sites is 1. The van der Waals surface area contributed by atoms with E-state index in [2.05, 4.69) is 10.3 Å². The van der Waals surface area contributed by atoms with Gasteiger partial charge >= 0.3 is 0 Å². The molecule has 4 aromatic rings. The molecule has 3 aromatic carbocycles. The van der Waals surface area contributed by atoms with Crippen molar-refractivity contribution >= 4 is 40.0 Å². The zero-order valence-corrected chi connectivity index (χ0v) is 20.2. The van der Waals surface area contributed by atoms with Crippen LogP contribution in [-0.2, 0) is 4.79 Å². The number of amides is 1. The van der Waals surface area contributed by atoms with Gasteiger partial charge in [-0.15, -0.1) is 0 Å². The van der Waals surface area contributed by atoms with Crippen LogP contribution >= 0.6 is 11.8 Å². The lowest BCUT2D eigenvalue weighted by atomic mass is 10.1. The SMILES string of the molecule is COc1ccc(-n2c(SCC(=O)Nc3cccc(C(C)=O)c3)nc3ccccc3c2=O)cc1OC. The van der Waals surface area contributed by atoms with E-state index in [9.17, 15) is 14.4 Å². The summed E-state index contributed by atoms with van der Waals surface area (Å²) >= 11 is 1.13. The monoisotopic (exact) mass is 489 g/mol. The number of thioether (sulfide) groups is 1. The Balaban J connectivity index is 1.68. The summed E-state index contributed by atoms with van der Waals surface area (Å²) in [4.78, 5) is 42.4. The third kappa shape index (κ3) is 5.20. The summed E-state index contributed by atoms with van der Waals surface area (Å²) in [6, 6.07) is 18.9. The van der Waals surface area contributed by atoms with Gasteiger partial charge < -0.3 is 14.8 Å². The van der Waals surface area contributed by atoms with Crippen molar-refractivity contribution in [1.82, 2.24) is 9.55 Å². The number of rotatable bonds is 8. The lowest BCUT2D eigenvalue weighted by Crippen LogP contribution is -2.23. The molecule has 1 amide bonds. The fourth-order valence-corrected chi connectivity index (χ4v) is 4.36. The lowest BCUT2D eigenvalue weighted by molar-refractivity contribution is -0.113. The quantitative estimate of drug-likeness (QED) is 0.223. The Hall–Kier alpha value is -4.11. The highest BCUT2D eigenvalue weighted by atomic mass is 32.2. The minimum atomic E-state index is -0.294. The number of benzene rings is 3. The highest BCUT2D eigenvalue weighted by Crippen LogP contribution is 2.30. The maximum Gasteiger partial charge on any atom is 0.266 e. The Morgan fingerprint density at radius 2 is 1.74 bits per heavy atom. The molecular weight excluding hydrogens is 466 g/mol. The molecule has 1 N–H and O–H groups in total. The first-order chi connectivity index (χ1) is 16.9. The Kier molecular flexibility index (Phi) is 7.17. The van der Waals surface area contributed by atoms with Crippen molar-refractivity contribution in [3.63, 3.8) is 0 Å². The van der Waals surface area contributed by atoms with Gasteiger partial charge in [0.2, 0.25) is 5.91 Å². The summed E-state index contributed by atoms with van der Waals surface area (Å²) in [5.41, 5.74) is 1.83. The Morgan fingerprint density at radius 1 is 0.971 bits per heavy atom. The van der Waals surface area contributed by atoms with Crippen molar-refractivity contribution in [2.24, 2.45) is 0 Å². The molecule has 0 aliphatic carbocycles. The molecule has 0 bridgehead atoms. The van der Waals surface area contributed by atoms with Crippen LogP contribution in [0.5, 0.6) is 11.5 Å². The van der Waals surface area contributed by atoms with E-state index in [1.54, 1.807) is 66.7 Å². The summed E-state index contributed by atoms with van der Waals surface area (Å²) < 4.78 is 12.2. The van der Waals surface area contributed by atoms with Crippen LogP contribution in [0.2, 0.25) is 0 Å². The molecule has 0 saturated heterocycles. The minimum absolute atomic E-state index is 0.00235. The van der Waals surface area contributed by atoms with Crippen LogP contribution in [0.3, 0.4) is 0 Å². The van der Waals surface area contributed by atoms with Gasteiger partial charge in [-0.05, 0) is 43.3 Å². The van der Waals surface area contributed by atoms with Crippen LogP contribution in [0.1, 0.15) is 17.3 Å². The van der Waals surface area contributed by atoms with Gasteiger partial charge in [0.15, 0.2) is 22.4 Å². The molecule has 0 aliphatic rings. The number of methoxy groups -OCH3 is 2. The van der Waals surface area contributed by atoms with Gasteiger partial charge in [0, 0.05) is 17.3 Å². The van der Waals surface area contributed by atoms with Crippen LogP contribution < -0.4 is 20.3 Å². The van der Waals surface area contributed by atoms with Gasteiger partial charge in [0.05, 0.1) is 36.6 Å². The van der Waals surface area contributed by atoms with Gasteiger partial charge in [0.1, 0.15) is 0 Å². The third-order valence-electron chi connectivity index (χ3n) is 5.26. The molecule has 8 nitrogen and oxygen atoms in total. The topological polar surface area (TPSA) is 99.5 Å². The zero-order valence-electron chi connectivity index (χ0n) is 19.4. The number of hydrogen-bond donors (Lipinski definition) is 1. The van der Waals surface area contributed by atoms with Gasteiger partial charge in [-0.1, -0.05) is 36.0 Å². The molecule has 1 aromatic heterocycles. The highest BCUT2D eigenvalue weighted by Gasteiger charge is 2.17. The number of hydrogen-bond acceptors (Lipinski definition) is 7. The average Bonchev–Trinajstić information content (AvgIpc) is 2.87. The van der Waals surface area contributed by atoms with Crippen molar-refractivity contribution in [2.45, 2.75) is 12.1 Å². The van der Waals surface area contributed by atoms with Crippen LogP contribution in [0.4, 0.5) is 5.69 Å². The number of nitrogens with one attached hydrogen (secondary N) is 1. The van der Waals surface area contributed by atoms with Crippen LogP contribution in [0.25, 0.3) is 16.6 Å². The Labute approximate surface area is 205 Å². The van der Waals surface area contributed by atoms with Gasteiger partial charge in [-0.3, -0.25) is 19.0 Å². The molecule has 0 aliphatic heterocycles. The number of carbonyl (C=O) groups excluding carboxylic acids is 2. The second-order valence-electron chi connectivity index (χ2n) is 7.57. The van der Waals surface area contributed by atoms with Gasteiger partial charge in [0.25, 0.3) is 5.56 Å². The number of nitrogens with zero attached hydrogens (tertiary/aromatic N) is 2. The first-order valence-electron chi connectivity index (χ1n) is 10.7. The zero-order chi connectivity index (χ0) is 24.9. The molecule has 4 rings (SSSR count). The summed E-state index contributed by atoms with van der Waals surface area (Å²) in [5, 5.41) is 3.60. The summed E-state index contributed by atoms with van der Waals surface area (Å²) in [5.74, 6) is 0.609. The predicted molar refractivity (Wildman–Crippen MR) is 136 cm³/mol. The van der Waals surface area contributed by atoms with E-state index in [1.807, 2.05) is 0 Å². The summed E-state index contributed by atoms with van der Waals surface area (Å²) in [6.07, 6.45) is 0. The van der Waals surface area contributed by atoms with Gasteiger partial charge in [-0.2, -0.15) is 0 Å². The lowest BCUT2D eigenvalue weighted by Gasteiger charge is -2.15. The normalized spacial score (nSPS) is 10.7. The first-order valence-corrected chi connectivity index (χ1v) is 11.7. The molecule has 0 radical (unpaired) electrons. The maximum absolute atomic E-state index is 13.4. The van der Waals surface area contributed by atoms with E-state index >= 15 is 0 Å². The van der Waals surface area contributed by atoms with Crippen molar-refractivity contribution in [3.05, 3.63) is 82.6 Å². The second-order valence-corrected chi connectivity index (χ2v) is 8.51. The number of ether oxygens (including phenoxy) is 2. The molecule has 0 unspecified atom stereocenters. The van der Waals surface area contributed by atoms with Crippen LogP contribution in [0, 0.1) is 0 Å². The molecule has 0 spiro atoms. The molecular formula is C26H23N3O5S. The van der Waals surface area contributed by atoms with E-state index in [0.29, 0.717) is 44.5 Å². The number of ketones is 1. The highest BCUT2D eigenvalue weighted by molar-refractivity contribution is 7.99. The number of Topliss-reactive ketones (excluding diaryl/α,β-unsaturated/α-hetero) is 1. The number of anilines is 1. The second kappa shape index (κ2) is 10.4. The molecule has 0 fully saturated rings. The minimum Gasteiger partial charge on any atom is -0.493 e.